The zero-order valence-electron chi connectivity index (χ0n) is 11.6. The zero-order chi connectivity index (χ0) is 15.0. The average Bonchev–Trinajstić information content (AvgIpc) is 2.79. The SMILES string of the molecule is CC(=O)Nc1n[nH]c2cc(-c3cc(C)nc(N)n3)ccc12. The van der Waals surface area contributed by atoms with E-state index >= 15 is 0 Å². The molecule has 0 aliphatic heterocycles. The summed E-state index contributed by atoms with van der Waals surface area (Å²) in [7, 11) is 0. The van der Waals surface area contributed by atoms with Crippen LogP contribution in [0.1, 0.15) is 12.6 Å². The molecule has 0 saturated heterocycles. The highest BCUT2D eigenvalue weighted by Gasteiger charge is 2.09. The lowest BCUT2D eigenvalue weighted by Gasteiger charge is -2.04. The topological polar surface area (TPSA) is 110 Å². The maximum Gasteiger partial charge on any atom is 0.222 e. The van der Waals surface area contributed by atoms with Crippen molar-refractivity contribution in [1.82, 2.24) is 20.2 Å². The lowest BCUT2D eigenvalue weighted by atomic mass is 10.1. The minimum absolute atomic E-state index is 0.160. The minimum atomic E-state index is -0.160. The fraction of sp³-hybridized carbons (Fsp3) is 0.143. The Morgan fingerprint density at radius 1 is 1.29 bits per heavy atom. The monoisotopic (exact) mass is 282 g/mol. The first-order valence-electron chi connectivity index (χ1n) is 6.40. The normalized spacial score (nSPS) is 10.8. The van der Waals surface area contributed by atoms with Gasteiger partial charge >= 0.3 is 0 Å². The summed E-state index contributed by atoms with van der Waals surface area (Å²) in [6, 6.07) is 7.56. The Morgan fingerprint density at radius 2 is 2.10 bits per heavy atom. The van der Waals surface area contributed by atoms with E-state index in [-0.39, 0.29) is 11.9 Å². The van der Waals surface area contributed by atoms with Gasteiger partial charge in [0.2, 0.25) is 11.9 Å². The van der Waals surface area contributed by atoms with E-state index in [2.05, 4.69) is 25.5 Å². The molecular weight excluding hydrogens is 268 g/mol. The van der Waals surface area contributed by atoms with Crippen LogP contribution in [0.4, 0.5) is 11.8 Å². The van der Waals surface area contributed by atoms with Crippen molar-refractivity contribution in [2.24, 2.45) is 0 Å². The molecule has 0 fully saturated rings. The molecule has 7 heteroatoms. The zero-order valence-corrected chi connectivity index (χ0v) is 11.6. The molecule has 0 bridgehead atoms. The van der Waals surface area contributed by atoms with Gasteiger partial charge < -0.3 is 11.1 Å². The molecule has 21 heavy (non-hydrogen) atoms. The molecular formula is C14H14N6O. The molecule has 1 amide bonds. The van der Waals surface area contributed by atoms with Crippen LogP contribution < -0.4 is 11.1 Å². The van der Waals surface area contributed by atoms with Crippen LogP contribution >= 0.6 is 0 Å². The molecule has 0 aliphatic rings. The summed E-state index contributed by atoms with van der Waals surface area (Å²) < 4.78 is 0. The molecule has 2 aromatic heterocycles. The lowest BCUT2D eigenvalue weighted by Crippen LogP contribution is -2.06. The molecule has 0 aliphatic carbocycles. The first-order valence-corrected chi connectivity index (χ1v) is 6.40. The van der Waals surface area contributed by atoms with Gasteiger partial charge in [-0.3, -0.25) is 9.89 Å². The van der Waals surface area contributed by atoms with Gasteiger partial charge in [0.25, 0.3) is 0 Å². The van der Waals surface area contributed by atoms with Crippen LogP contribution in [0, 0.1) is 6.92 Å². The molecule has 3 rings (SSSR count). The summed E-state index contributed by atoms with van der Waals surface area (Å²) in [5.74, 6) is 0.600. The molecule has 3 aromatic rings. The summed E-state index contributed by atoms with van der Waals surface area (Å²) in [4.78, 5) is 19.4. The standard InChI is InChI=1S/C14H14N6O/c1-7-5-11(18-14(15)16-7)9-3-4-10-12(6-9)19-20-13(10)17-8(2)21/h3-6H,1-2H3,(H2,15,16,18)(H2,17,19,20,21). The maximum absolute atomic E-state index is 11.1. The molecule has 0 radical (unpaired) electrons. The largest absolute Gasteiger partial charge is 0.368 e. The number of benzene rings is 1. The van der Waals surface area contributed by atoms with Crippen molar-refractivity contribution < 1.29 is 4.79 Å². The third-order valence-electron chi connectivity index (χ3n) is 3.02. The second-order valence-electron chi connectivity index (χ2n) is 4.77. The van der Waals surface area contributed by atoms with Crippen LogP contribution in [0.25, 0.3) is 22.2 Å². The fourth-order valence-corrected chi connectivity index (χ4v) is 2.18. The van der Waals surface area contributed by atoms with Gasteiger partial charge in [-0.2, -0.15) is 5.10 Å². The molecule has 4 N–H and O–H groups in total. The second kappa shape index (κ2) is 4.86. The van der Waals surface area contributed by atoms with Gasteiger partial charge in [-0.05, 0) is 25.1 Å². The van der Waals surface area contributed by atoms with Gasteiger partial charge in [-0.25, -0.2) is 9.97 Å². The molecule has 0 spiro atoms. The van der Waals surface area contributed by atoms with Crippen LogP contribution in [0.5, 0.6) is 0 Å². The lowest BCUT2D eigenvalue weighted by molar-refractivity contribution is -0.114. The third-order valence-corrected chi connectivity index (χ3v) is 3.02. The van der Waals surface area contributed by atoms with Crippen LogP contribution in [-0.4, -0.2) is 26.1 Å². The van der Waals surface area contributed by atoms with Gasteiger partial charge in [-0.15, -0.1) is 0 Å². The Hall–Kier alpha value is -2.96. The molecule has 106 valence electrons. The second-order valence-corrected chi connectivity index (χ2v) is 4.77. The van der Waals surface area contributed by atoms with Crippen LogP contribution in [-0.2, 0) is 4.79 Å². The summed E-state index contributed by atoms with van der Waals surface area (Å²) in [6.07, 6.45) is 0. The average molecular weight is 282 g/mol. The van der Waals surface area contributed by atoms with Crippen molar-refractivity contribution in [2.45, 2.75) is 13.8 Å². The van der Waals surface area contributed by atoms with Gasteiger partial charge in [0, 0.05) is 23.6 Å². The Bertz CT molecular complexity index is 818. The first kappa shape index (κ1) is 13.0. The highest BCUT2D eigenvalue weighted by molar-refractivity contribution is 5.99. The van der Waals surface area contributed by atoms with Crippen LogP contribution in [0.3, 0.4) is 0 Å². The number of anilines is 2. The van der Waals surface area contributed by atoms with Gasteiger partial charge in [-0.1, -0.05) is 6.07 Å². The molecule has 0 unspecified atom stereocenters. The summed E-state index contributed by atoms with van der Waals surface area (Å²) in [5.41, 5.74) is 8.94. The van der Waals surface area contributed by atoms with Crippen molar-refractivity contribution in [2.75, 3.05) is 11.1 Å². The number of carbonyl (C=O) groups excluding carboxylic acids is 1. The molecule has 0 atom stereocenters. The van der Waals surface area contributed by atoms with Crippen molar-refractivity contribution in [1.29, 1.82) is 0 Å². The van der Waals surface area contributed by atoms with Gasteiger partial charge in [0.15, 0.2) is 5.82 Å². The number of fused-ring (bicyclic) bond motifs is 1. The van der Waals surface area contributed by atoms with E-state index in [0.29, 0.717) is 5.82 Å². The number of nitrogens with one attached hydrogen (secondary N) is 2. The Kier molecular flexibility index (Phi) is 3.02. The number of nitrogens with zero attached hydrogens (tertiary/aromatic N) is 3. The first-order chi connectivity index (χ1) is 10.0. The van der Waals surface area contributed by atoms with E-state index < -0.39 is 0 Å². The number of rotatable bonds is 2. The van der Waals surface area contributed by atoms with Crippen molar-refractivity contribution in [3.63, 3.8) is 0 Å². The smallest absolute Gasteiger partial charge is 0.222 e. The number of aryl methyl sites for hydroxylation is 1. The molecule has 1 aromatic carbocycles. The van der Waals surface area contributed by atoms with Crippen LogP contribution in [0.2, 0.25) is 0 Å². The molecule has 0 saturated carbocycles. The highest BCUT2D eigenvalue weighted by Crippen LogP contribution is 2.26. The number of nitrogens with two attached hydrogens (primary N) is 1. The van der Waals surface area contributed by atoms with E-state index in [0.717, 1.165) is 27.9 Å². The maximum atomic E-state index is 11.1. The quantitative estimate of drug-likeness (QED) is 0.664. The van der Waals surface area contributed by atoms with Gasteiger partial charge in [0.05, 0.1) is 11.2 Å². The van der Waals surface area contributed by atoms with E-state index in [1.54, 1.807) is 0 Å². The van der Waals surface area contributed by atoms with Crippen molar-refractivity contribution in [3.05, 3.63) is 30.0 Å². The summed E-state index contributed by atoms with van der Waals surface area (Å²) >= 11 is 0. The summed E-state index contributed by atoms with van der Waals surface area (Å²) in [5, 5.41) is 10.5. The number of nitrogen functional groups attached to an aromatic ring is 1. The fourth-order valence-electron chi connectivity index (χ4n) is 2.18. The van der Waals surface area contributed by atoms with Crippen LogP contribution in [0.15, 0.2) is 24.3 Å². The number of hydrogen-bond acceptors (Lipinski definition) is 5. The third kappa shape index (κ3) is 2.53. The Labute approximate surface area is 120 Å². The molecule has 2 heterocycles. The van der Waals surface area contributed by atoms with E-state index in [4.69, 9.17) is 5.73 Å². The predicted octanol–water partition coefficient (Wildman–Crippen LogP) is 1.87. The van der Waals surface area contributed by atoms with E-state index in [9.17, 15) is 4.79 Å². The number of carbonyl (C=O) groups is 1. The van der Waals surface area contributed by atoms with Crippen molar-refractivity contribution >= 4 is 28.6 Å². The Morgan fingerprint density at radius 3 is 2.81 bits per heavy atom. The number of hydrogen-bond donors (Lipinski definition) is 3. The van der Waals surface area contributed by atoms with Crippen molar-refractivity contribution in [3.8, 4) is 11.3 Å². The number of aromatic nitrogens is 4. The van der Waals surface area contributed by atoms with Gasteiger partial charge in [0.1, 0.15) is 0 Å². The summed E-state index contributed by atoms with van der Waals surface area (Å²) in [6.45, 7) is 3.31. The van der Waals surface area contributed by atoms with E-state index in [1.807, 2.05) is 31.2 Å². The number of aromatic amines is 1. The highest BCUT2D eigenvalue weighted by atomic mass is 16.1. The Balaban J connectivity index is 2.07. The minimum Gasteiger partial charge on any atom is -0.368 e. The number of amides is 1. The molecule has 7 nitrogen and oxygen atoms in total. The predicted molar refractivity (Wildman–Crippen MR) is 80.6 cm³/mol. The van der Waals surface area contributed by atoms with E-state index in [1.165, 1.54) is 6.92 Å². The number of H-pyrrole nitrogens is 1.